The molecule has 2 aliphatic carbocycles. The van der Waals surface area contributed by atoms with Gasteiger partial charge < -0.3 is 9.84 Å². The van der Waals surface area contributed by atoms with E-state index in [4.69, 9.17) is 9.84 Å². The molecule has 82 valence electrons. The van der Waals surface area contributed by atoms with Crippen LogP contribution >= 0.6 is 0 Å². The first-order valence-corrected chi connectivity index (χ1v) is 5.41. The predicted molar refractivity (Wildman–Crippen MR) is 49.9 cm³/mol. The summed E-state index contributed by atoms with van der Waals surface area (Å²) in [7, 11) is 0. The number of fused-ring (bicyclic) bond motifs is 1. The van der Waals surface area contributed by atoms with Gasteiger partial charge in [-0.15, -0.1) is 0 Å². The average Bonchev–Trinajstić information content (AvgIpc) is 2.57. The van der Waals surface area contributed by atoms with Crippen molar-refractivity contribution in [2.75, 3.05) is 0 Å². The van der Waals surface area contributed by atoms with Crippen LogP contribution in [0.25, 0.3) is 0 Å². The summed E-state index contributed by atoms with van der Waals surface area (Å²) < 4.78 is 5.38. The fourth-order valence-electron chi connectivity index (χ4n) is 4.30. The van der Waals surface area contributed by atoms with E-state index in [9.17, 15) is 9.59 Å². The quantitative estimate of drug-likeness (QED) is 0.653. The summed E-state index contributed by atoms with van der Waals surface area (Å²) in [6.07, 6.45) is 0.720. The van der Waals surface area contributed by atoms with Crippen molar-refractivity contribution in [2.24, 2.45) is 29.6 Å². The van der Waals surface area contributed by atoms with Gasteiger partial charge in [0.1, 0.15) is 5.60 Å². The SMILES string of the molecule is CC1C2CC3(C)OC(=O)C(C2C(=O)O)C13. The summed E-state index contributed by atoms with van der Waals surface area (Å²) in [5, 5.41) is 9.17. The molecular formula is C11H14O4. The zero-order valence-electron chi connectivity index (χ0n) is 8.77. The lowest BCUT2D eigenvalue weighted by atomic mass is 9.75. The van der Waals surface area contributed by atoms with Crippen molar-refractivity contribution < 1.29 is 19.4 Å². The van der Waals surface area contributed by atoms with Gasteiger partial charge in [-0.3, -0.25) is 9.59 Å². The highest BCUT2D eigenvalue weighted by Gasteiger charge is 2.72. The highest BCUT2D eigenvalue weighted by Crippen LogP contribution is 2.65. The Kier molecular flexibility index (Phi) is 1.45. The van der Waals surface area contributed by atoms with E-state index in [-0.39, 0.29) is 29.3 Å². The Labute approximate surface area is 87.6 Å². The van der Waals surface area contributed by atoms with Gasteiger partial charge in [0.25, 0.3) is 0 Å². The van der Waals surface area contributed by atoms with E-state index in [1.54, 1.807) is 0 Å². The van der Waals surface area contributed by atoms with Gasteiger partial charge in [-0.1, -0.05) is 6.92 Å². The van der Waals surface area contributed by atoms with Crippen LogP contribution in [-0.4, -0.2) is 22.6 Å². The molecule has 3 rings (SSSR count). The second-order valence-electron chi connectivity index (χ2n) is 5.38. The molecule has 2 saturated carbocycles. The summed E-state index contributed by atoms with van der Waals surface area (Å²) >= 11 is 0. The number of hydrogen-bond acceptors (Lipinski definition) is 3. The minimum absolute atomic E-state index is 0.119. The van der Waals surface area contributed by atoms with Crippen molar-refractivity contribution in [3.05, 3.63) is 0 Å². The zero-order valence-corrected chi connectivity index (χ0v) is 8.77. The first kappa shape index (κ1) is 9.19. The number of carbonyl (C=O) groups excluding carboxylic acids is 1. The highest BCUT2D eigenvalue weighted by atomic mass is 16.6. The fraction of sp³-hybridized carbons (Fsp3) is 0.818. The van der Waals surface area contributed by atoms with Crippen LogP contribution < -0.4 is 0 Å². The number of hydrogen-bond donors (Lipinski definition) is 1. The molecule has 4 heteroatoms. The third kappa shape index (κ3) is 0.840. The second-order valence-corrected chi connectivity index (χ2v) is 5.38. The first-order chi connectivity index (χ1) is 6.96. The highest BCUT2D eigenvalue weighted by molar-refractivity contribution is 5.85. The number of carboxylic acid groups (broad SMARTS) is 1. The molecule has 0 spiro atoms. The largest absolute Gasteiger partial charge is 0.481 e. The summed E-state index contributed by atoms with van der Waals surface area (Å²) in [5.74, 6) is -1.48. The number of esters is 1. The van der Waals surface area contributed by atoms with E-state index in [0.717, 1.165) is 6.42 Å². The van der Waals surface area contributed by atoms with Gasteiger partial charge >= 0.3 is 11.9 Å². The van der Waals surface area contributed by atoms with E-state index in [1.165, 1.54) is 0 Å². The third-order valence-electron chi connectivity index (χ3n) is 4.71. The second kappa shape index (κ2) is 2.36. The maximum Gasteiger partial charge on any atom is 0.310 e. The van der Waals surface area contributed by atoms with Crippen LogP contribution in [0.3, 0.4) is 0 Å². The van der Waals surface area contributed by atoms with Crippen molar-refractivity contribution in [3.63, 3.8) is 0 Å². The van der Waals surface area contributed by atoms with Crippen molar-refractivity contribution in [3.8, 4) is 0 Å². The summed E-state index contributed by atoms with van der Waals surface area (Å²) in [5.41, 5.74) is -0.377. The average molecular weight is 210 g/mol. The number of rotatable bonds is 1. The molecule has 1 aliphatic heterocycles. The fourth-order valence-corrected chi connectivity index (χ4v) is 4.30. The van der Waals surface area contributed by atoms with Crippen molar-refractivity contribution in [2.45, 2.75) is 25.9 Å². The molecule has 6 unspecified atom stereocenters. The maximum absolute atomic E-state index is 11.7. The first-order valence-electron chi connectivity index (χ1n) is 5.41. The van der Waals surface area contributed by atoms with Gasteiger partial charge in [0.05, 0.1) is 11.8 Å². The molecule has 0 aromatic rings. The maximum atomic E-state index is 11.7. The topological polar surface area (TPSA) is 63.6 Å². The summed E-state index contributed by atoms with van der Waals surface area (Å²) in [6, 6.07) is 0. The molecule has 0 amide bonds. The van der Waals surface area contributed by atoms with Gasteiger partial charge in [0.15, 0.2) is 0 Å². The molecule has 1 heterocycles. The molecule has 0 aromatic heterocycles. The molecule has 4 nitrogen and oxygen atoms in total. The predicted octanol–water partition coefficient (Wildman–Crippen LogP) is 0.905. The lowest BCUT2D eigenvalue weighted by Crippen LogP contribution is -2.36. The molecule has 0 radical (unpaired) electrons. The number of aliphatic carboxylic acids is 1. The van der Waals surface area contributed by atoms with Crippen LogP contribution in [0.1, 0.15) is 20.3 Å². The smallest absolute Gasteiger partial charge is 0.310 e. The Morgan fingerprint density at radius 3 is 2.87 bits per heavy atom. The van der Waals surface area contributed by atoms with Crippen LogP contribution in [0, 0.1) is 29.6 Å². The molecule has 1 saturated heterocycles. The van der Waals surface area contributed by atoms with Crippen molar-refractivity contribution in [1.82, 2.24) is 0 Å². The Morgan fingerprint density at radius 1 is 1.60 bits per heavy atom. The number of ether oxygens (including phenoxy) is 1. The third-order valence-corrected chi connectivity index (χ3v) is 4.71. The normalized spacial score (nSPS) is 55.9. The molecule has 1 N–H and O–H groups in total. The molecule has 6 atom stereocenters. The molecule has 0 aromatic carbocycles. The van der Waals surface area contributed by atoms with Crippen LogP contribution in [0.15, 0.2) is 0 Å². The van der Waals surface area contributed by atoms with Crippen LogP contribution in [-0.2, 0) is 14.3 Å². The molecule has 2 bridgehead atoms. The minimum atomic E-state index is -0.833. The molecular weight excluding hydrogens is 196 g/mol. The number of carboxylic acids is 1. The Bertz CT molecular complexity index is 364. The van der Waals surface area contributed by atoms with Crippen molar-refractivity contribution >= 4 is 11.9 Å². The lowest BCUT2D eigenvalue weighted by Gasteiger charge is -2.28. The van der Waals surface area contributed by atoms with Crippen LogP contribution in [0.4, 0.5) is 0 Å². The van der Waals surface area contributed by atoms with E-state index in [2.05, 4.69) is 6.92 Å². The Hall–Kier alpha value is -1.06. The van der Waals surface area contributed by atoms with Crippen LogP contribution in [0.2, 0.25) is 0 Å². The van der Waals surface area contributed by atoms with E-state index >= 15 is 0 Å². The summed E-state index contributed by atoms with van der Waals surface area (Å²) in [6.45, 7) is 4.00. The minimum Gasteiger partial charge on any atom is -0.481 e. The Morgan fingerprint density at radius 2 is 2.27 bits per heavy atom. The van der Waals surface area contributed by atoms with Gasteiger partial charge in [0.2, 0.25) is 0 Å². The van der Waals surface area contributed by atoms with Gasteiger partial charge in [-0.25, -0.2) is 0 Å². The van der Waals surface area contributed by atoms with E-state index in [0.29, 0.717) is 5.92 Å². The standard InChI is InChI=1S/C11H14O4/c1-4-5-3-11(2)8(4)7(10(14)15-11)6(5)9(12)13/h4-8H,3H2,1-2H3,(H,12,13). The van der Waals surface area contributed by atoms with E-state index in [1.807, 2.05) is 6.92 Å². The lowest BCUT2D eigenvalue weighted by molar-refractivity contribution is -0.152. The number of carbonyl (C=O) groups is 2. The van der Waals surface area contributed by atoms with Crippen molar-refractivity contribution in [1.29, 1.82) is 0 Å². The zero-order chi connectivity index (χ0) is 11.0. The summed E-state index contributed by atoms with van der Waals surface area (Å²) in [4.78, 5) is 22.8. The van der Waals surface area contributed by atoms with Gasteiger partial charge in [0, 0.05) is 5.92 Å². The Balaban J connectivity index is 2.09. The van der Waals surface area contributed by atoms with E-state index < -0.39 is 11.9 Å². The molecule has 15 heavy (non-hydrogen) atoms. The monoisotopic (exact) mass is 210 g/mol. The molecule has 3 fully saturated rings. The van der Waals surface area contributed by atoms with Gasteiger partial charge in [-0.05, 0) is 25.2 Å². The van der Waals surface area contributed by atoms with Gasteiger partial charge in [-0.2, -0.15) is 0 Å². The molecule has 3 aliphatic rings. The van der Waals surface area contributed by atoms with Crippen LogP contribution in [0.5, 0.6) is 0 Å².